The van der Waals surface area contributed by atoms with Crippen molar-refractivity contribution in [2.24, 2.45) is 11.8 Å². The monoisotopic (exact) mass is 139 g/mol. The van der Waals surface area contributed by atoms with E-state index < -0.39 is 0 Å². The van der Waals surface area contributed by atoms with Gasteiger partial charge in [-0.2, -0.15) is 0 Å². The highest BCUT2D eigenvalue weighted by Crippen LogP contribution is 2.29. The molecule has 1 saturated heterocycles. The summed E-state index contributed by atoms with van der Waals surface area (Å²) >= 11 is 0. The Morgan fingerprint density at radius 2 is 2.30 bits per heavy atom. The average Bonchev–Trinajstić information content (AvgIpc) is 2.36. The topological polar surface area (TPSA) is 29.1 Å². The summed E-state index contributed by atoms with van der Waals surface area (Å²) in [6.07, 6.45) is 3.23. The Labute approximate surface area is 61.0 Å². The summed E-state index contributed by atoms with van der Waals surface area (Å²) in [7, 11) is 0. The molecule has 2 atom stereocenters. The second-order valence-electron chi connectivity index (χ2n) is 3.38. The van der Waals surface area contributed by atoms with E-state index in [1.54, 1.807) is 0 Å². The first-order valence-corrected chi connectivity index (χ1v) is 4.11. The number of nitrogens with one attached hydrogen (secondary N) is 1. The molecule has 2 fully saturated rings. The van der Waals surface area contributed by atoms with Crippen molar-refractivity contribution in [3.8, 4) is 0 Å². The van der Waals surface area contributed by atoms with Gasteiger partial charge in [-0.25, -0.2) is 0 Å². The van der Waals surface area contributed by atoms with E-state index in [2.05, 4.69) is 5.32 Å². The lowest BCUT2D eigenvalue weighted by molar-refractivity contribution is -0.125. The van der Waals surface area contributed by atoms with Crippen LogP contribution in [-0.2, 0) is 4.79 Å². The second-order valence-corrected chi connectivity index (χ2v) is 3.38. The first-order valence-electron chi connectivity index (χ1n) is 4.11. The number of Topliss-reactive ketones (excluding diaryl/α,β-unsaturated/α-hetero) is 1. The molecule has 2 heteroatoms. The van der Waals surface area contributed by atoms with Crippen molar-refractivity contribution >= 4 is 5.78 Å². The maximum absolute atomic E-state index is 11.2. The highest BCUT2D eigenvalue weighted by Gasteiger charge is 2.34. The summed E-state index contributed by atoms with van der Waals surface area (Å²) in [5.41, 5.74) is 0. The summed E-state index contributed by atoms with van der Waals surface area (Å²) < 4.78 is 0. The average molecular weight is 139 g/mol. The predicted molar refractivity (Wildman–Crippen MR) is 38.7 cm³/mol. The molecule has 0 bridgehead atoms. The van der Waals surface area contributed by atoms with Gasteiger partial charge in [-0.1, -0.05) is 0 Å². The number of fused-ring (bicyclic) bond motifs is 1. The lowest BCUT2D eigenvalue weighted by atomic mass is 9.81. The molecule has 0 aromatic rings. The third kappa shape index (κ3) is 0.870. The minimum absolute atomic E-state index is 0.383. The third-order valence-corrected chi connectivity index (χ3v) is 2.75. The van der Waals surface area contributed by atoms with E-state index in [1.165, 1.54) is 6.42 Å². The van der Waals surface area contributed by atoms with Crippen LogP contribution >= 0.6 is 0 Å². The zero-order valence-corrected chi connectivity index (χ0v) is 6.10. The van der Waals surface area contributed by atoms with Crippen LogP contribution in [0.5, 0.6) is 0 Å². The van der Waals surface area contributed by atoms with Gasteiger partial charge in [-0.3, -0.25) is 4.79 Å². The molecule has 1 heterocycles. The summed E-state index contributed by atoms with van der Waals surface area (Å²) in [6.45, 7) is 2.03. The van der Waals surface area contributed by atoms with Crippen molar-refractivity contribution < 1.29 is 4.79 Å². The first kappa shape index (κ1) is 6.35. The largest absolute Gasteiger partial charge is 0.316 e. The third-order valence-electron chi connectivity index (χ3n) is 2.75. The van der Waals surface area contributed by atoms with Gasteiger partial charge < -0.3 is 5.32 Å². The van der Waals surface area contributed by atoms with Crippen LogP contribution in [0.15, 0.2) is 0 Å². The molecule has 2 rings (SSSR count). The van der Waals surface area contributed by atoms with Crippen LogP contribution in [-0.4, -0.2) is 18.9 Å². The molecular weight excluding hydrogens is 126 g/mol. The van der Waals surface area contributed by atoms with Crippen molar-refractivity contribution in [2.45, 2.75) is 19.3 Å². The number of hydrogen-bond acceptors (Lipinski definition) is 2. The van der Waals surface area contributed by atoms with Crippen LogP contribution in [0.3, 0.4) is 0 Å². The zero-order valence-electron chi connectivity index (χ0n) is 6.10. The molecule has 1 aliphatic heterocycles. The molecule has 0 aromatic heterocycles. The van der Waals surface area contributed by atoms with Crippen molar-refractivity contribution in [3.63, 3.8) is 0 Å². The Morgan fingerprint density at radius 3 is 3.10 bits per heavy atom. The van der Waals surface area contributed by atoms with Crippen LogP contribution < -0.4 is 5.32 Å². The highest BCUT2D eigenvalue weighted by atomic mass is 16.1. The Bertz CT molecular complexity index is 155. The maximum Gasteiger partial charge on any atom is 0.137 e. The quantitative estimate of drug-likeness (QED) is 0.531. The lowest BCUT2D eigenvalue weighted by Crippen LogP contribution is -2.26. The van der Waals surface area contributed by atoms with E-state index in [9.17, 15) is 4.79 Å². The first-order chi connectivity index (χ1) is 4.88. The SMILES string of the molecule is O=C1CCC[C@H]2CNC[C@H]12. The van der Waals surface area contributed by atoms with E-state index in [0.717, 1.165) is 25.9 Å². The Balaban J connectivity index is 2.10. The van der Waals surface area contributed by atoms with E-state index in [0.29, 0.717) is 17.6 Å². The van der Waals surface area contributed by atoms with Gasteiger partial charge in [0.1, 0.15) is 5.78 Å². The van der Waals surface area contributed by atoms with E-state index in [1.807, 2.05) is 0 Å². The van der Waals surface area contributed by atoms with Gasteiger partial charge in [0.2, 0.25) is 0 Å². The van der Waals surface area contributed by atoms with Gasteiger partial charge in [0.05, 0.1) is 0 Å². The smallest absolute Gasteiger partial charge is 0.137 e. The molecule has 0 unspecified atom stereocenters. The van der Waals surface area contributed by atoms with Crippen molar-refractivity contribution in [1.82, 2.24) is 5.32 Å². The molecule has 0 spiro atoms. The van der Waals surface area contributed by atoms with Gasteiger partial charge in [0.15, 0.2) is 0 Å². The van der Waals surface area contributed by atoms with Gasteiger partial charge in [0, 0.05) is 18.9 Å². The standard InChI is InChI=1S/C8H13NO/c10-8-3-1-2-6-4-9-5-7(6)8/h6-7,9H,1-5H2/t6-,7-/m0/s1. The molecule has 2 nitrogen and oxygen atoms in total. The summed E-state index contributed by atoms with van der Waals surface area (Å²) in [6, 6.07) is 0. The Morgan fingerprint density at radius 1 is 1.40 bits per heavy atom. The van der Waals surface area contributed by atoms with Gasteiger partial charge >= 0.3 is 0 Å². The van der Waals surface area contributed by atoms with E-state index in [4.69, 9.17) is 0 Å². The predicted octanol–water partition coefficient (Wildman–Crippen LogP) is 0.575. The Hall–Kier alpha value is -0.370. The van der Waals surface area contributed by atoms with Gasteiger partial charge in [-0.15, -0.1) is 0 Å². The molecule has 56 valence electrons. The normalized spacial score (nSPS) is 39.8. The van der Waals surface area contributed by atoms with Crippen LogP contribution in [0, 0.1) is 11.8 Å². The van der Waals surface area contributed by atoms with Crippen molar-refractivity contribution in [2.75, 3.05) is 13.1 Å². The minimum Gasteiger partial charge on any atom is -0.316 e. The van der Waals surface area contributed by atoms with Crippen LogP contribution in [0.2, 0.25) is 0 Å². The van der Waals surface area contributed by atoms with Crippen LogP contribution in [0.4, 0.5) is 0 Å². The van der Waals surface area contributed by atoms with Crippen molar-refractivity contribution in [3.05, 3.63) is 0 Å². The fourth-order valence-corrected chi connectivity index (χ4v) is 2.14. The maximum atomic E-state index is 11.2. The molecule has 1 N–H and O–H groups in total. The molecule has 10 heavy (non-hydrogen) atoms. The van der Waals surface area contributed by atoms with E-state index >= 15 is 0 Å². The molecular formula is C8H13NO. The van der Waals surface area contributed by atoms with Crippen LogP contribution in [0.1, 0.15) is 19.3 Å². The second kappa shape index (κ2) is 2.35. The molecule has 0 aromatic carbocycles. The lowest BCUT2D eigenvalue weighted by Gasteiger charge is -2.21. The summed E-state index contributed by atoms with van der Waals surface area (Å²) in [4.78, 5) is 11.2. The zero-order chi connectivity index (χ0) is 6.97. The molecule has 0 radical (unpaired) electrons. The number of rotatable bonds is 0. The minimum atomic E-state index is 0.383. The summed E-state index contributed by atoms with van der Waals surface area (Å²) in [5, 5.41) is 3.27. The molecule has 1 saturated carbocycles. The highest BCUT2D eigenvalue weighted by molar-refractivity contribution is 5.82. The van der Waals surface area contributed by atoms with Gasteiger partial charge in [0.25, 0.3) is 0 Å². The number of carbonyl (C=O) groups is 1. The number of hydrogen-bond donors (Lipinski definition) is 1. The molecule has 0 amide bonds. The molecule has 2 aliphatic rings. The van der Waals surface area contributed by atoms with Gasteiger partial charge in [-0.05, 0) is 25.3 Å². The molecule has 1 aliphatic carbocycles. The van der Waals surface area contributed by atoms with Crippen LogP contribution in [0.25, 0.3) is 0 Å². The fourth-order valence-electron chi connectivity index (χ4n) is 2.14. The fraction of sp³-hybridized carbons (Fsp3) is 0.875. The number of carbonyl (C=O) groups excluding carboxylic acids is 1. The van der Waals surface area contributed by atoms with Crippen molar-refractivity contribution in [1.29, 1.82) is 0 Å². The van der Waals surface area contributed by atoms with E-state index in [-0.39, 0.29) is 0 Å². The number of ketones is 1. The Kier molecular flexibility index (Phi) is 1.49. The summed E-state index contributed by atoms with van der Waals surface area (Å²) in [5.74, 6) is 1.57.